The molecule has 0 radical (unpaired) electrons. The number of hydrogen-bond donors (Lipinski definition) is 1. The minimum absolute atomic E-state index is 0.0140. The summed E-state index contributed by atoms with van der Waals surface area (Å²) in [5, 5.41) is 12.6. The van der Waals surface area contributed by atoms with Crippen LogP contribution in [0.5, 0.6) is 0 Å². The van der Waals surface area contributed by atoms with E-state index in [1.807, 2.05) is 46.0 Å². The Labute approximate surface area is 195 Å². The number of carbonyl (C=O) groups is 1. The molecule has 4 bridgehead atoms. The molecule has 2 heterocycles. The van der Waals surface area contributed by atoms with E-state index in [1.54, 1.807) is 0 Å². The van der Waals surface area contributed by atoms with Crippen molar-refractivity contribution in [1.29, 1.82) is 0 Å². The number of aromatic nitrogens is 4. The van der Waals surface area contributed by atoms with Crippen LogP contribution in [0.1, 0.15) is 66.7 Å². The van der Waals surface area contributed by atoms with E-state index in [4.69, 9.17) is 5.10 Å². The molecule has 33 heavy (non-hydrogen) atoms. The van der Waals surface area contributed by atoms with E-state index in [1.165, 1.54) is 38.5 Å². The number of para-hydroxylation sites is 1. The van der Waals surface area contributed by atoms with Gasteiger partial charge in [-0.3, -0.25) is 9.48 Å². The highest BCUT2D eigenvalue weighted by Gasteiger charge is 2.53. The van der Waals surface area contributed by atoms with Crippen molar-refractivity contribution in [3.63, 3.8) is 0 Å². The minimum Gasteiger partial charge on any atom is -0.352 e. The Balaban J connectivity index is 1.26. The lowest BCUT2D eigenvalue weighted by molar-refractivity contribution is -0.00770. The number of hydrogen-bond acceptors (Lipinski definition) is 3. The largest absolute Gasteiger partial charge is 0.352 e. The molecule has 6 heteroatoms. The summed E-state index contributed by atoms with van der Waals surface area (Å²) >= 11 is 0. The van der Waals surface area contributed by atoms with Crippen LogP contribution in [0, 0.1) is 24.7 Å². The second-order valence-electron chi connectivity index (χ2n) is 10.7. The number of aryl methyl sites for hydroxylation is 2. The van der Waals surface area contributed by atoms with E-state index in [2.05, 4.69) is 29.5 Å². The number of nitrogens with zero attached hydrogens (tertiary/aromatic N) is 4. The van der Waals surface area contributed by atoms with Crippen molar-refractivity contribution in [1.82, 2.24) is 24.9 Å². The fraction of sp³-hybridized carbons (Fsp3) is 0.519. The van der Waals surface area contributed by atoms with Crippen molar-refractivity contribution in [2.75, 3.05) is 6.54 Å². The van der Waals surface area contributed by atoms with Crippen LogP contribution < -0.4 is 5.32 Å². The van der Waals surface area contributed by atoms with Gasteiger partial charge in [-0.15, -0.1) is 0 Å². The molecule has 7 rings (SSSR count). The van der Waals surface area contributed by atoms with Gasteiger partial charge >= 0.3 is 0 Å². The molecule has 1 amide bonds. The van der Waals surface area contributed by atoms with Gasteiger partial charge in [0, 0.05) is 36.6 Å². The summed E-state index contributed by atoms with van der Waals surface area (Å²) in [6, 6.07) is 12.2. The van der Waals surface area contributed by atoms with Gasteiger partial charge in [0.1, 0.15) is 0 Å². The van der Waals surface area contributed by atoms with Crippen LogP contribution in [-0.4, -0.2) is 32.0 Å². The lowest BCUT2D eigenvalue weighted by Crippen LogP contribution is -2.49. The number of carbonyl (C=O) groups excluding carboxylic acids is 1. The van der Waals surface area contributed by atoms with Gasteiger partial charge in [-0.1, -0.05) is 18.2 Å². The number of benzene rings is 1. The monoisotopic (exact) mass is 443 g/mol. The van der Waals surface area contributed by atoms with Gasteiger partial charge in [-0.05, 0) is 87.8 Å². The molecule has 1 N–H and O–H groups in total. The van der Waals surface area contributed by atoms with Crippen molar-refractivity contribution in [2.45, 2.75) is 63.8 Å². The maximum absolute atomic E-state index is 13.4. The average molecular weight is 444 g/mol. The molecule has 3 aromatic rings. The molecule has 4 aliphatic carbocycles. The van der Waals surface area contributed by atoms with Crippen LogP contribution >= 0.6 is 0 Å². The van der Waals surface area contributed by atoms with E-state index in [-0.39, 0.29) is 11.3 Å². The van der Waals surface area contributed by atoms with Crippen LogP contribution in [-0.2, 0) is 12.0 Å². The van der Waals surface area contributed by atoms with Crippen LogP contribution in [0.25, 0.3) is 5.69 Å². The SMILES string of the molecule is Cc1ccnn1CCCNC(=O)c1cn(-c2ccccc2)nc1C12CC3CC(CC(C3)C1)C2. The Morgan fingerprint density at radius 1 is 1.06 bits per heavy atom. The summed E-state index contributed by atoms with van der Waals surface area (Å²) in [7, 11) is 0. The van der Waals surface area contributed by atoms with E-state index in [0.717, 1.165) is 53.4 Å². The molecule has 172 valence electrons. The standard InChI is InChI=1S/C27H33N5O/c1-19-8-10-29-31(19)11-5-9-28-26(33)24-18-32(23-6-3-2-4-7-23)30-25(24)27-15-20-12-21(16-27)14-22(13-20)17-27/h2-4,6-8,10,18,20-22H,5,9,11-17H2,1H3,(H,28,33). The first-order valence-electron chi connectivity index (χ1n) is 12.5. The Kier molecular flexibility index (Phi) is 5.11. The molecule has 0 saturated heterocycles. The predicted octanol–water partition coefficient (Wildman–Crippen LogP) is 4.67. The van der Waals surface area contributed by atoms with Gasteiger partial charge < -0.3 is 5.32 Å². The Bertz CT molecular complexity index is 1110. The lowest BCUT2D eigenvalue weighted by atomic mass is 9.48. The highest BCUT2D eigenvalue weighted by Crippen LogP contribution is 2.60. The molecule has 1 aromatic carbocycles. The summed E-state index contributed by atoms with van der Waals surface area (Å²) in [5.74, 6) is 2.45. The summed E-state index contributed by atoms with van der Waals surface area (Å²) < 4.78 is 3.91. The zero-order chi connectivity index (χ0) is 22.4. The third kappa shape index (κ3) is 3.79. The van der Waals surface area contributed by atoms with Crippen molar-refractivity contribution < 1.29 is 4.79 Å². The second-order valence-corrected chi connectivity index (χ2v) is 10.7. The summed E-state index contributed by atoms with van der Waals surface area (Å²) in [5.41, 5.74) is 4.06. The van der Waals surface area contributed by atoms with Crippen molar-refractivity contribution in [2.24, 2.45) is 17.8 Å². The molecule has 4 aliphatic rings. The van der Waals surface area contributed by atoms with Gasteiger partial charge in [0.25, 0.3) is 5.91 Å². The molecule has 0 spiro atoms. The van der Waals surface area contributed by atoms with E-state index in [9.17, 15) is 4.79 Å². The Hall–Kier alpha value is -2.89. The van der Waals surface area contributed by atoms with Crippen LogP contribution in [0.15, 0.2) is 48.8 Å². The molecule has 2 aromatic heterocycles. The van der Waals surface area contributed by atoms with Gasteiger partial charge in [0.2, 0.25) is 0 Å². The molecule has 4 fully saturated rings. The van der Waals surface area contributed by atoms with E-state index in [0.29, 0.717) is 6.54 Å². The molecule has 0 atom stereocenters. The minimum atomic E-state index is 0.0140. The third-order valence-electron chi connectivity index (χ3n) is 8.28. The lowest BCUT2D eigenvalue weighted by Gasteiger charge is -2.56. The van der Waals surface area contributed by atoms with Gasteiger partial charge in [-0.2, -0.15) is 10.2 Å². The van der Waals surface area contributed by atoms with Crippen molar-refractivity contribution >= 4 is 5.91 Å². The fourth-order valence-corrected chi connectivity index (χ4v) is 7.20. The van der Waals surface area contributed by atoms with Gasteiger partial charge in [0.15, 0.2) is 0 Å². The highest BCUT2D eigenvalue weighted by atomic mass is 16.1. The quantitative estimate of drug-likeness (QED) is 0.540. The number of amides is 1. The van der Waals surface area contributed by atoms with Gasteiger partial charge in [-0.25, -0.2) is 4.68 Å². The molecular formula is C27H33N5O. The smallest absolute Gasteiger partial charge is 0.254 e. The topological polar surface area (TPSA) is 64.7 Å². The normalized spacial score (nSPS) is 27.7. The van der Waals surface area contributed by atoms with Gasteiger partial charge in [0.05, 0.1) is 16.9 Å². The molecule has 0 aliphatic heterocycles. The predicted molar refractivity (Wildman–Crippen MR) is 127 cm³/mol. The Morgan fingerprint density at radius 2 is 1.76 bits per heavy atom. The molecule has 4 saturated carbocycles. The maximum atomic E-state index is 13.4. The van der Waals surface area contributed by atoms with Crippen molar-refractivity contribution in [3.05, 3.63) is 65.7 Å². The molecular weight excluding hydrogens is 410 g/mol. The van der Waals surface area contributed by atoms with Crippen LogP contribution in [0.3, 0.4) is 0 Å². The number of rotatable bonds is 7. The van der Waals surface area contributed by atoms with E-state index < -0.39 is 0 Å². The zero-order valence-electron chi connectivity index (χ0n) is 19.4. The van der Waals surface area contributed by atoms with Crippen LogP contribution in [0.2, 0.25) is 0 Å². The maximum Gasteiger partial charge on any atom is 0.254 e. The number of nitrogens with one attached hydrogen (secondary N) is 1. The third-order valence-corrected chi connectivity index (χ3v) is 8.28. The highest BCUT2D eigenvalue weighted by molar-refractivity contribution is 5.95. The summed E-state index contributed by atoms with van der Waals surface area (Å²) in [6.45, 7) is 3.50. The zero-order valence-corrected chi connectivity index (χ0v) is 19.4. The van der Waals surface area contributed by atoms with Crippen LogP contribution in [0.4, 0.5) is 0 Å². The van der Waals surface area contributed by atoms with Crippen molar-refractivity contribution in [3.8, 4) is 5.69 Å². The first-order valence-corrected chi connectivity index (χ1v) is 12.5. The fourth-order valence-electron chi connectivity index (χ4n) is 7.20. The molecule has 6 nitrogen and oxygen atoms in total. The summed E-state index contributed by atoms with van der Waals surface area (Å²) in [4.78, 5) is 13.4. The summed E-state index contributed by atoms with van der Waals surface area (Å²) in [6.07, 6.45) is 12.4. The first kappa shape index (κ1) is 20.7. The average Bonchev–Trinajstić information content (AvgIpc) is 3.43. The first-order chi connectivity index (χ1) is 16.1. The second kappa shape index (κ2) is 8.15. The molecule has 0 unspecified atom stereocenters. The van der Waals surface area contributed by atoms with E-state index >= 15 is 0 Å². The Morgan fingerprint density at radius 3 is 2.39 bits per heavy atom.